The Bertz CT molecular complexity index is 588. The molecule has 1 saturated heterocycles. The number of nitrogens with zero attached hydrogens (tertiary/aromatic N) is 2. The van der Waals surface area contributed by atoms with Crippen molar-refractivity contribution in [2.75, 3.05) is 33.3 Å². The molecular formula is C19H26N2O3. The lowest BCUT2D eigenvalue weighted by Gasteiger charge is -2.35. The fraction of sp³-hybridized carbons (Fsp3) is 0.579. The first-order valence-electron chi connectivity index (χ1n) is 8.88. The van der Waals surface area contributed by atoms with Gasteiger partial charge in [-0.15, -0.1) is 0 Å². The second-order valence-corrected chi connectivity index (χ2v) is 6.76. The van der Waals surface area contributed by atoms with E-state index in [4.69, 9.17) is 4.74 Å². The number of rotatable bonds is 4. The molecule has 2 fully saturated rings. The Balaban J connectivity index is 1.52. The summed E-state index contributed by atoms with van der Waals surface area (Å²) in [5, 5.41) is 0. The first kappa shape index (κ1) is 16.8. The molecule has 1 saturated carbocycles. The molecule has 0 bridgehead atoms. The van der Waals surface area contributed by atoms with E-state index in [1.807, 2.05) is 28.0 Å². The maximum Gasteiger partial charge on any atom is 0.254 e. The van der Waals surface area contributed by atoms with Gasteiger partial charge in [-0.2, -0.15) is 0 Å². The van der Waals surface area contributed by atoms with Crippen LogP contribution < -0.4 is 4.74 Å². The summed E-state index contributed by atoms with van der Waals surface area (Å²) in [5.74, 6) is 1.53. The molecule has 0 spiro atoms. The van der Waals surface area contributed by atoms with Crippen LogP contribution in [0.1, 0.15) is 42.5 Å². The number of ether oxygens (including phenoxy) is 1. The zero-order chi connectivity index (χ0) is 16.9. The Labute approximate surface area is 143 Å². The Morgan fingerprint density at radius 3 is 2.42 bits per heavy atom. The molecule has 1 aromatic rings. The van der Waals surface area contributed by atoms with E-state index in [1.54, 1.807) is 13.2 Å². The van der Waals surface area contributed by atoms with Gasteiger partial charge >= 0.3 is 0 Å². The number of benzene rings is 1. The van der Waals surface area contributed by atoms with Gasteiger partial charge in [-0.1, -0.05) is 18.9 Å². The summed E-state index contributed by atoms with van der Waals surface area (Å²) in [5.41, 5.74) is 0.639. The van der Waals surface area contributed by atoms with Gasteiger partial charge in [-0.25, -0.2) is 0 Å². The van der Waals surface area contributed by atoms with Crippen molar-refractivity contribution in [1.29, 1.82) is 0 Å². The average Bonchev–Trinajstić information content (AvgIpc) is 3.14. The molecule has 0 N–H and O–H groups in total. The van der Waals surface area contributed by atoms with Gasteiger partial charge in [0.15, 0.2) is 0 Å². The predicted octanol–water partition coefficient (Wildman–Crippen LogP) is 2.56. The molecule has 130 valence electrons. The number of hydrogen-bond donors (Lipinski definition) is 0. The summed E-state index contributed by atoms with van der Waals surface area (Å²) >= 11 is 0. The molecule has 3 rings (SSSR count). The first-order chi connectivity index (χ1) is 11.7. The predicted molar refractivity (Wildman–Crippen MR) is 92.1 cm³/mol. The molecule has 2 amide bonds. The number of methoxy groups -OCH3 is 1. The van der Waals surface area contributed by atoms with Crippen LogP contribution in [0.4, 0.5) is 0 Å². The van der Waals surface area contributed by atoms with Gasteiger partial charge < -0.3 is 14.5 Å². The lowest BCUT2D eigenvalue weighted by molar-refractivity contribution is -0.133. The Kier molecular flexibility index (Phi) is 5.38. The van der Waals surface area contributed by atoms with Crippen molar-refractivity contribution in [2.24, 2.45) is 5.92 Å². The fourth-order valence-electron chi connectivity index (χ4n) is 3.69. The molecular weight excluding hydrogens is 304 g/mol. The lowest BCUT2D eigenvalue weighted by atomic mass is 10.0. The number of hydrogen-bond acceptors (Lipinski definition) is 3. The van der Waals surface area contributed by atoms with Crippen LogP contribution in [-0.2, 0) is 4.79 Å². The van der Waals surface area contributed by atoms with E-state index in [2.05, 4.69) is 0 Å². The second kappa shape index (κ2) is 7.69. The topological polar surface area (TPSA) is 49.9 Å². The van der Waals surface area contributed by atoms with Crippen LogP contribution in [0.15, 0.2) is 24.3 Å². The molecule has 0 aromatic heterocycles. The summed E-state index contributed by atoms with van der Waals surface area (Å²) in [4.78, 5) is 28.7. The van der Waals surface area contributed by atoms with Crippen molar-refractivity contribution in [1.82, 2.24) is 9.80 Å². The highest BCUT2D eigenvalue weighted by Crippen LogP contribution is 2.28. The smallest absolute Gasteiger partial charge is 0.254 e. The number of carbonyl (C=O) groups is 2. The van der Waals surface area contributed by atoms with E-state index in [-0.39, 0.29) is 11.8 Å². The van der Waals surface area contributed by atoms with Crippen LogP contribution in [0, 0.1) is 5.92 Å². The molecule has 24 heavy (non-hydrogen) atoms. The van der Waals surface area contributed by atoms with Crippen molar-refractivity contribution in [3.8, 4) is 5.75 Å². The van der Waals surface area contributed by atoms with Gasteiger partial charge in [0.2, 0.25) is 5.91 Å². The Hall–Kier alpha value is -2.04. The van der Waals surface area contributed by atoms with E-state index >= 15 is 0 Å². The minimum Gasteiger partial charge on any atom is -0.497 e. The third-order valence-corrected chi connectivity index (χ3v) is 5.17. The highest BCUT2D eigenvalue weighted by atomic mass is 16.5. The number of amides is 2. The van der Waals surface area contributed by atoms with E-state index in [9.17, 15) is 9.59 Å². The molecule has 1 aliphatic heterocycles. The standard InChI is InChI=1S/C19H26N2O3/c1-24-17-8-4-7-16(14-17)19(23)21-11-9-20(10-12-21)18(22)13-15-5-2-3-6-15/h4,7-8,14-15H,2-3,5-6,9-13H2,1H3. The first-order valence-corrected chi connectivity index (χ1v) is 8.88. The fourth-order valence-corrected chi connectivity index (χ4v) is 3.69. The van der Waals surface area contributed by atoms with Crippen LogP contribution in [0.2, 0.25) is 0 Å². The monoisotopic (exact) mass is 330 g/mol. The SMILES string of the molecule is COc1cccc(C(=O)N2CCN(C(=O)CC3CCCC3)CC2)c1. The van der Waals surface area contributed by atoms with Crippen molar-refractivity contribution >= 4 is 11.8 Å². The van der Waals surface area contributed by atoms with Gasteiger partial charge in [0, 0.05) is 38.2 Å². The lowest BCUT2D eigenvalue weighted by Crippen LogP contribution is -2.50. The molecule has 1 heterocycles. The molecule has 1 aromatic carbocycles. The summed E-state index contributed by atoms with van der Waals surface area (Å²) < 4.78 is 5.18. The number of carbonyl (C=O) groups excluding carboxylic acids is 2. The minimum atomic E-state index is 0.0109. The third kappa shape index (κ3) is 3.89. The van der Waals surface area contributed by atoms with Crippen LogP contribution in [-0.4, -0.2) is 54.9 Å². The van der Waals surface area contributed by atoms with Crippen LogP contribution in [0.3, 0.4) is 0 Å². The molecule has 2 aliphatic rings. The highest BCUT2D eigenvalue weighted by Gasteiger charge is 2.27. The zero-order valence-corrected chi connectivity index (χ0v) is 14.4. The van der Waals surface area contributed by atoms with Crippen molar-refractivity contribution in [3.63, 3.8) is 0 Å². The molecule has 0 atom stereocenters. The molecule has 0 radical (unpaired) electrons. The van der Waals surface area contributed by atoms with E-state index in [0.29, 0.717) is 49.8 Å². The van der Waals surface area contributed by atoms with Crippen LogP contribution >= 0.6 is 0 Å². The molecule has 5 nitrogen and oxygen atoms in total. The maximum atomic E-state index is 12.6. The summed E-state index contributed by atoms with van der Waals surface area (Å²) in [6, 6.07) is 7.23. The quantitative estimate of drug-likeness (QED) is 0.852. The van der Waals surface area contributed by atoms with Gasteiger partial charge in [0.05, 0.1) is 7.11 Å². The maximum absolute atomic E-state index is 12.6. The van der Waals surface area contributed by atoms with Crippen LogP contribution in [0.5, 0.6) is 5.75 Å². The van der Waals surface area contributed by atoms with E-state index in [0.717, 1.165) is 0 Å². The summed E-state index contributed by atoms with van der Waals surface area (Å²) in [7, 11) is 1.60. The van der Waals surface area contributed by atoms with Crippen molar-refractivity contribution in [2.45, 2.75) is 32.1 Å². The normalized spacial score (nSPS) is 18.7. The molecule has 5 heteroatoms. The number of piperazine rings is 1. The highest BCUT2D eigenvalue weighted by molar-refractivity contribution is 5.94. The van der Waals surface area contributed by atoms with E-state index < -0.39 is 0 Å². The molecule has 0 unspecified atom stereocenters. The van der Waals surface area contributed by atoms with Gasteiger partial charge in [0.1, 0.15) is 5.75 Å². The Morgan fingerprint density at radius 2 is 1.75 bits per heavy atom. The van der Waals surface area contributed by atoms with Gasteiger partial charge in [-0.05, 0) is 37.0 Å². The minimum absolute atomic E-state index is 0.0109. The van der Waals surface area contributed by atoms with Crippen LogP contribution in [0.25, 0.3) is 0 Å². The van der Waals surface area contributed by atoms with Crippen molar-refractivity contribution < 1.29 is 14.3 Å². The van der Waals surface area contributed by atoms with Crippen molar-refractivity contribution in [3.05, 3.63) is 29.8 Å². The third-order valence-electron chi connectivity index (χ3n) is 5.17. The van der Waals surface area contributed by atoms with E-state index in [1.165, 1.54) is 25.7 Å². The molecule has 1 aliphatic carbocycles. The second-order valence-electron chi connectivity index (χ2n) is 6.76. The zero-order valence-electron chi connectivity index (χ0n) is 14.4. The van der Waals surface area contributed by atoms with Gasteiger partial charge in [-0.3, -0.25) is 9.59 Å². The van der Waals surface area contributed by atoms with Gasteiger partial charge in [0.25, 0.3) is 5.91 Å². The average molecular weight is 330 g/mol. The Morgan fingerprint density at radius 1 is 1.08 bits per heavy atom. The summed E-state index contributed by atoms with van der Waals surface area (Å²) in [6.07, 6.45) is 5.60. The largest absolute Gasteiger partial charge is 0.497 e. The summed E-state index contributed by atoms with van der Waals surface area (Å²) in [6.45, 7) is 2.49.